The highest BCUT2D eigenvalue weighted by molar-refractivity contribution is 7.51. The Bertz CT molecular complexity index is 1040. The topological polar surface area (TPSA) is 78.0 Å². The second kappa shape index (κ2) is 9.04. The minimum absolute atomic E-state index is 0.192. The molecule has 3 aromatic rings. The number of hydrogen-bond donors (Lipinski definition) is 1. The fourth-order valence-corrected chi connectivity index (χ4v) is 3.00. The molecule has 0 saturated carbocycles. The van der Waals surface area contributed by atoms with Gasteiger partial charge in [-0.15, -0.1) is 0 Å². The third kappa shape index (κ3) is 4.92. The van der Waals surface area contributed by atoms with Crippen molar-refractivity contribution in [3.05, 3.63) is 64.8 Å². The van der Waals surface area contributed by atoms with Crippen molar-refractivity contribution in [2.24, 2.45) is 0 Å². The lowest BCUT2D eigenvalue weighted by Gasteiger charge is -2.12. The van der Waals surface area contributed by atoms with E-state index in [1.165, 1.54) is 4.68 Å². The van der Waals surface area contributed by atoms with Crippen molar-refractivity contribution in [1.82, 2.24) is 9.78 Å². The standard InChI is InChI=1S/C20H20F3N3.O2S/c1-4-17-18(14-6-5-12(2)13(3)11-14)26(25-19(17)20(21,22)23)16-9-7-15(24)8-10-16;1-3-2/h5-11H,4,24H2,1-3H3;. The number of rotatable bonds is 3. The first-order valence-electron chi connectivity index (χ1n) is 8.68. The van der Waals surface area contributed by atoms with Gasteiger partial charge in [0.05, 0.1) is 11.4 Å². The van der Waals surface area contributed by atoms with Crippen molar-refractivity contribution >= 4 is 17.3 Å². The highest BCUT2D eigenvalue weighted by Gasteiger charge is 2.39. The van der Waals surface area contributed by atoms with Crippen LogP contribution >= 0.6 is 0 Å². The molecule has 0 unspecified atom stereocenters. The summed E-state index contributed by atoms with van der Waals surface area (Å²) in [6.45, 7) is 5.63. The summed E-state index contributed by atoms with van der Waals surface area (Å²) in [6, 6.07) is 12.3. The van der Waals surface area contributed by atoms with Crippen LogP contribution in [0.25, 0.3) is 16.9 Å². The maximum Gasteiger partial charge on any atom is 0.435 e. The van der Waals surface area contributed by atoms with Crippen molar-refractivity contribution in [3.63, 3.8) is 0 Å². The number of aromatic nitrogens is 2. The molecule has 0 aliphatic heterocycles. The van der Waals surface area contributed by atoms with Crippen LogP contribution in [0.3, 0.4) is 0 Å². The maximum atomic E-state index is 13.6. The van der Waals surface area contributed by atoms with Crippen molar-refractivity contribution in [3.8, 4) is 16.9 Å². The van der Waals surface area contributed by atoms with E-state index in [9.17, 15) is 13.2 Å². The Labute approximate surface area is 170 Å². The van der Waals surface area contributed by atoms with Crippen LogP contribution in [0, 0.1) is 13.8 Å². The highest BCUT2D eigenvalue weighted by Crippen LogP contribution is 2.38. The predicted molar refractivity (Wildman–Crippen MR) is 106 cm³/mol. The lowest BCUT2D eigenvalue weighted by atomic mass is 9.99. The van der Waals surface area contributed by atoms with E-state index in [0.717, 1.165) is 11.1 Å². The van der Waals surface area contributed by atoms with Crippen molar-refractivity contribution < 1.29 is 21.6 Å². The van der Waals surface area contributed by atoms with Crippen molar-refractivity contribution in [2.75, 3.05) is 5.73 Å². The number of halogens is 3. The highest BCUT2D eigenvalue weighted by atomic mass is 32.1. The normalized spacial score (nSPS) is 11.0. The number of nitrogen functional groups attached to an aromatic ring is 1. The minimum atomic E-state index is -4.51. The molecule has 154 valence electrons. The second-order valence-electron chi connectivity index (χ2n) is 6.40. The minimum Gasteiger partial charge on any atom is -0.399 e. The van der Waals surface area contributed by atoms with Crippen LogP contribution in [0.1, 0.15) is 29.3 Å². The van der Waals surface area contributed by atoms with Crippen molar-refractivity contribution in [1.29, 1.82) is 0 Å². The van der Waals surface area contributed by atoms with E-state index in [1.54, 1.807) is 31.2 Å². The van der Waals surface area contributed by atoms with E-state index in [-0.39, 0.29) is 12.0 Å². The van der Waals surface area contributed by atoms with Crippen LogP contribution in [0.4, 0.5) is 18.9 Å². The van der Waals surface area contributed by atoms with Gasteiger partial charge in [-0.05, 0) is 61.7 Å². The van der Waals surface area contributed by atoms with E-state index >= 15 is 0 Å². The molecule has 0 radical (unpaired) electrons. The van der Waals surface area contributed by atoms with Crippen LogP contribution in [0.5, 0.6) is 0 Å². The summed E-state index contributed by atoms with van der Waals surface area (Å²) < 4.78 is 58.7. The Morgan fingerprint density at radius 3 is 2.10 bits per heavy atom. The quantitative estimate of drug-likeness (QED) is 0.622. The molecule has 2 N–H and O–H groups in total. The zero-order valence-corrected chi connectivity index (χ0v) is 16.9. The van der Waals surface area contributed by atoms with Gasteiger partial charge in [-0.1, -0.05) is 19.1 Å². The molecule has 5 nitrogen and oxygen atoms in total. The van der Waals surface area contributed by atoms with E-state index in [0.29, 0.717) is 22.6 Å². The van der Waals surface area contributed by atoms with Gasteiger partial charge in [0.2, 0.25) is 0 Å². The fraction of sp³-hybridized carbons (Fsp3) is 0.250. The first-order chi connectivity index (χ1) is 13.6. The second-order valence-corrected chi connectivity index (χ2v) is 6.53. The summed E-state index contributed by atoms with van der Waals surface area (Å²) in [5.41, 5.74) is 9.42. The Morgan fingerprint density at radius 2 is 1.62 bits per heavy atom. The summed E-state index contributed by atoms with van der Waals surface area (Å²) >= 11 is -0.750. The van der Waals surface area contributed by atoms with Crippen LogP contribution in [-0.4, -0.2) is 18.2 Å². The van der Waals surface area contributed by atoms with Crippen molar-refractivity contribution in [2.45, 2.75) is 33.4 Å². The Kier molecular flexibility index (Phi) is 6.97. The number of alkyl halides is 3. The summed E-state index contributed by atoms with van der Waals surface area (Å²) in [5.74, 6) is 0. The Balaban J connectivity index is 0.000000941. The van der Waals surface area contributed by atoms with E-state index < -0.39 is 23.4 Å². The molecular weight excluding hydrogens is 403 g/mol. The molecule has 9 heteroatoms. The molecule has 1 heterocycles. The number of hydrogen-bond acceptors (Lipinski definition) is 4. The summed E-state index contributed by atoms with van der Waals surface area (Å²) in [7, 11) is 0. The van der Waals surface area contributed by atoms with E-state index in [4.69, 9.17) is 14.2 Å². The van der Waals surface area contributed by atoms with Crippen LogP contribution < -0.4 is 5.73 Å². The molecule has 0 saturated heterocycles. The molecule has 3 rings (SSSR count). The zero-order chi connectivity index (χ0) is 21.8. The van der Waals surface area contributed by atoms with Gasteiger partial charge in [-0.2, -0.15) is 26.7 Å². The first-order valence-corrected chi connectivity index (χ1v) is 9.35. The Hall–Kier alpha value is -2.94. The molecule has 29 heavy (non-hydrogen) atoms. The fourth-order valence-electron chi connectivity index (χ4n) is 3.00. The molecule has 0 amide bonds. The summed E-state index contributed by atoms with van der Waals surface area (Å²) in [4.78, 5) is 0. The lowest BCUT2D eigenvalue weighted by Crippen LogP contribution is -2.09. The van der Waals surface area contributed by atoms with Crippen LogP contribution in [-0.2, 0) is 24.2 Å². The monoisotopic (exact) mass is 423 g/mol. The lowest BCUT2D eigenvalue weighted by molar-refractivity contribution is -0.141. The average molecular weight is 423 g/mol. The molecule has 0 aliphatic rings. The molecule has 0 atom stereocenters. The smallest absolute Gasteiger partial charge is 0.399 e. The van der Waals surface area contributed by atoms with Gasteiger partial charge in [-0.3, -0.25) is 0 Å². The average Bonchev–Trinajstić information content (AvgIpc) is 3.05. The number of anilines is 1. The molecule has 0 aliphatic carbocycles. The van der Waals surface area contributed by atoms with Gasteiger partial charge >= 0.3 is 17.7 Å². The van der Waals surface area contributed by atoms with Gasteiger partial charge in [0.1, 0.15) is 0 Å². The predicted octanol–water partition coefficient (Wildman–Crippen LogP) is 4.65. The van der Waals surface area contributed by atoms with Crippen LogP contribution in [0.2, 0.25) is 0 Å². The number of aryl methyl sites for hydroxylation is 2. The molecule has 0 fully saturated rings. The number of benzene rings is 2. The molecular formula is C20H20F3N3O2S. The molecule has 1 aromatic heterocycles. The van der Waals surface area contributed by atoms with Gasteiger partial charge in [0.25, 0.3) is 0 Å². The van der Waals surface area contributed by atoms with E-state index in [1.807, 2.05) is 32.0 Å². The molecule has 0 bridgehead atoms. The number of nitrogens with two attached hydrogens (primary N) is 1. The van der Waals surface area contributed by atoms with Gasteiger partial charge < -0.3 is 5.73 Å². The van der Waals surface area contributed by atoms with E-state index in [2.05, 4.69) is 5.10 Å². The maximum absolute atomic E-state index is 13.6. The SMILES string of the molecule is CCc1c(C(F)(F)F)nn(-c2ccc(N)cc2)c1-c1ccc(C)c(C)c1.O=S=O. The summed E-state index contributed by atoms with van der Waals surface area (Å²) in [5, 5.41) is 3.93. The third-order valence-corrected chi connectivity index (χ3v) is 4.52. The van der Waals surface area contributed by atoms with Gasteiger partial charge in [-0.25, -0.2) is 4.68 Å². The third-order valence-electron chi connectivity index (χ3n) is 4.52. The van der Waals surface area contributed by atoms with Crippen LogP contribution in [0.15, 0.2) is 42.5 Å². The van der Waals surface area contributed by atoms with Gasteiger partial charge in [0.15, 0.2) is 5.69 Å². The Morgan fingerprint density at radius 1 is 1.03 bits per heavy atom. The molecule has 0 spiro atoms. The molecule has 2 aromatic carbocycles. The van der Waals surface area contributed by atoms with Gasteiger partial charge in [0, 0.05) is 16.8 Å². The largest absolute Gasteiger partial charge is 0.435 e. The number of nitrogens with zero attached hydrogens (tertiary/aromatic N) is 2. The zero-order valence-electron chi connectivity index (χ0n) is 16.1. The summed E-state index contributed by atoms with van der Waals surface area (Å²) in [6.07, 6.45) is -4.29. The first kappa shape index (κ1) is 22.4.